The summed E-state index contributed by atoms with van der Waals surface area (Å²) in [6.07, 6.45) is 1.01. The van der Waals surface area contributed by atoms with Crippen LogP contribution in [0, 0.1) is 12.8 Å². The van der Waals surface area contributed by atoms with Crippen LogP contribution in [0.1, 0.15) is 36.5 Å². The summed E-state index contributed by atoms with van der Waals surface area (Å²) in [6.45, 7) is 6.86. The van der Waals surface area contributed by atoms with Gasteiger partial charge in [-0.15, -0.1) is 0 Å². The van der Waals surface area contributed by atoms with Crippen LogP contribution in [0.3, 0.4) is 0 Å². The van der Waals surface area contributed by atoms with E-state index in [9.17, 15) is 4.79 Å². The van der Waals surface area contributed by atoms with Gasteiger partial charge in [-0.1, -0.05) is 13.8 Å². The van der Waals surface area contributed by atoms with Crippen molar-refractivity contribution in [1.82, 2.24) is 15.2 Å². The highest BCUT2D eigenvalue weighted by Crippen LogP contribution is 2.19. The van der Waals surface area contributed by atoms with Gasteiger partial charge in [0.2, 0.25) is 0 Å². The monoisotopic (exact) mass is 364 g/mol. The van der Waals surface area contributed by atoms with Gasteiger partial charge in [-0.25, -0.2) is 4.98 Å². The molecule has 3 rings (SSSR count). The van der Waals surface area contributed by atoms with Gasteiger partial charge in [0.25, 0.3) is 5.91 Å². The third kappa shape index (κ3) is 5.17. The molecule has 0 saturated carbocycles. The summed E-state index contributed by atoms with van der Waals surface area (Å²) >= 11 is 0. The maximum atomic E-state index is 12.4. The maximum absolute atomic E-state index is 12.4. The van der Waals surface area contributed by atoms with Gasteiger partial charge in [0.05, 0.1) is 6.61 Å². The van der Waals surface area contributed by atoms with Gasteiger partial charge < -0.3 is 10.1 Å². The number of carbonyl (C=O) groups is 1. The maximum Gasteiger partial charge on any atom is 0.255 e. The molecule has 2 aromatic carbocycles. The van der Waals surface area contributed by atoms with Gasteiger partial charge in [-0.05, 0) is 67.8 Å². The van der Waals surface area contributed by atoms with E-state index in [1.54, 1.807) is 12.1 Å². The second kappa shape index (κ2) is 8.49. The van der Waals surface area contributed by atoms with E-state index in [0.717, 1.165) is 23.6 Å². The average Bonchev–Trinajstić information content (AvgIpc) is 3.09. The number of aryl methyl sites for hydroxylation is 1. The predicted molar refractivity (Wildman–Crippen MR) is 106 cm³/mol. The van der Waals surface area contributed by atoms with E-state index >= 15 is 0 Å². The third-order valence-electron chi connectivity index (χ3n) is 4.08. The van der Waals surface area contributed by atoms with E-state index in [1.807, 2.05) is 43.3 Å². The van der Waals surface area contributed by atoms with Crippen LogP contribution in [0.2, 0.25) is 0 Å². The molecule has 1 aromatic heterocycles. The minimum absolute atomic E-state index is 0.162. The molecule has 0 aliphatic rings. The van der Waals surface area contributed by atoms with Crippen LogP contribution in [0.5, 0.6) is 5.75 Å². The van der Waals surface area contributed by atoms with Crippen LogP contribution in [0.15, 0.2) is 48.5 Å². The highest BCUT2D eigenvalue weighted by molar-refractivity contribution is 6.04. The molecular formula is C21H24N4O2. The molecule has 27 heavy (non-hydrogen) atoms. The van der Waals surface area contributed by atoms with Gasteiger partial charge >= 0.3 is 0 Å². The summed E-state index contributed by atoms with van der Waals surface area (Å²) in [5.74, 6) is 2.62. The summed E-state index contributed by atoms with van der Waals surface area (Å²) in [5.41, 5.74) is 2.19. The molecule has 6 nitrogen and oxygen atoms in total. The van der Waals surface area contributed by atoms with Gasteiger partial charge in [0.15, 0.2) is 5.82 Å². The van der Waals surface area contributed by atoms with Crippen LogP contribution in [0.4, 0.5) is 5.69 Å². The number of hydrogen-bond acceptors (Lipinski definition) is 4. The number of carbonyl (C=O) groups excluding carboxylic acids is 1. The number of rotatable bonds is 7. The highest BCUT2D eigenvalue weighted by Gasteiger charge is 2.08. The normalized spacial score (nSPS) is 10.8. The van der Waals surface area contributed by atoms with Crippen molar-refractivity contribution in [2.45, 2.75) is 27.2 Å². The van der Waals surface area contributed by atoms with Crippen LogP contribution in [0.25, 0.3) is 11.4 Å². The van der Waals surface area contributed by atoms with Gasteiger partial charge in [0, 0.05) is 16.8 Å². The smallest absolute Gasteiger partial charge is 0.255 e. The largest absolute Gasteiger partial charge is 0.494 e. The quantitative estimate of drug-likeness (QED) is 0.649. The third-order valence-corrected chi connectivity index (χ3v) is 4.08. The Morgan fingerprint density at radius 3 is 2.41 bits per heavy atom. The molecule has 0 bridgehead atoms. The van der Waals surface area contributed by atoms with E-state index in [-0.39, 0.29) is 5.91 Å². The van der Waals surface area contributed by atoms with Crippen molar-refractivity contribution >= 4 is 11.6 Å². The number of aromatic amines is 1. The van der Waals surface area contributed by atoms with Crippen LogP contribution in [-0.2, 0) is 0 Å². The Morgan fingerprint density at radius 1 is 1.11 bits per heavy atom. The average molecular weight is 364 g/mol. The van der Waals surface area contributed by atoms with E-state index in [2.05, 4.69) is 34.3 Å². The number of nitrogens with one attached hydrogen (secondary N) is 2. The zero-order valence-electron chi connectivity index (χ0n) is 15.8. The molecule has 0 aliphatic heterocycles. The van der Waals surface area contributed by atoms with E-state index in [0.29, 0.717) is 29.6 Å². The molecule has 0 spiro atoms. The lowest BCUT2D eigenvalue weighted by Crippen LogP contribution is -2.11. The van der Waals surface area contributed by atoms with Crippen molar-refractivity contribution in [3.8, 4) is 17.1 Å². The van der Waals surface area contributed by atoms with Crippen molar-refractivity contribution in [2.75, 3.05) is 11.9 Å². The van der Waals surface area contributed by atoms with Crippen molar-refractivity contribution in [3.05, 3.63) is 59.9 Å². The zero-order chi connectivity index (χ0) is 19.2. The number of nitrogens with zero attached hydrogens (tertiary/aromatic N) is 2. The Balaban J connectivity index is 1.58. The number of amides is 1. The first-order valence-electron chi connectivity index (χ1n) is 9.05. The fraction of sp³-hybridized carbons (Fsp3) is 0.286. The molecule has 2 N–H and O–H groups in total. The number of anilines is 1. The lowest BCUT2D eigenvalue weighted by Gasteiger charge is -2.09. The Kier molecular flexibility index (Phi) is 5.86. The molecule has 0 saturated heterocycles. The lowest BCUT2D eigenvalue weighted by molar-refractivity contribution is 0.102. The molecule has 0 atom stereocenters. The van der Waals surface area contributed by atoms with Gasteiger partial charge in [-0.2, -0.15) is 5.10 Å². The minimum Gasteiger partial charge on any atom is -0.494 e. The summed E-state index contributed by atoms with van der Waals surface area (Å²) in [4.78, 5) is 16.7. The van der Waals surface area contributed by atoms with Gasteiger partial charge in [0.1, 0.15) is 11.6 Å². The van der Waals surface area contributed by atoms with Gasteiger partial charge in [-0.3, -0.25) is 9.89 Å². The molecule has 0 unspecified atom stereocenters. The second-order valence-electron chi connectivity index (χ2n) is 6.83. The first kappa shape index (κ1) is 18.6. The molecule has 140 valence electrons. The van der Waals surface area contributed by atoms with Crippen LogP contribution >= 0.6 is 0 Å². The zero-order valence-corrected chi connectivity index (χ0v) is 15.8. The van der Waals surface area contributed by atoms with E-state index in [1.165, 1.54) is 0 Å². The fourth-order valence-electron chi connectivity index (χ4n) is 2.49. The van der Waals surface area contributed by atoms with Crippen molar-refractivity contribution in [3.63, 3.8) is 0 Å². The topological polar surface area (TPSA) is 79.9 Å². The first-order valence-corrected chi connectivity index (χ1v) is 9.05. The van der Waals surface area contributed by atoms with Crippen molar-refractivity contribution in [2.24, 2.45) is 5.92 Å². The number of hydrogen-bond donors (Lipinski definition) is 2. The Labute approximate surface area is 159 Å². The summed E-state index contributed by atoms with van der Waals surface area (Å²) in [5, 5.41) is 9.84. The van der Waals surface area contributed by atoms with E-state index in [4.69, 9.17) is 4.74 Å². The molecular weight excluding hydrogens is 340 g/mol. The standard InChI is InChI=1S/C21H24N4O2/c1-14(2)12-13-27-19-10-6-17(7-11-19)21(26)23-18-8-4-16(5-9-18)20-22-15(3)24-25-20/h4-11,14H,12-13H2,1-3H3,(H,23,26)(H,22,24,25). The molecule has 0 aliphatic carbocycles. The highest BCUT2D eigenvalue weighted by atomic mass is 16.5. The summed E-state index contributed by atoms with van der Waals surface area (Å²) in [7, 11) is 0. The number of aromatic nitrogens is 3. The number of benzene rings is 2. The number of ether oxygens (including phenoxy) is 1. The first-order chi connectivity index (χ1) is 13.0. The number of H-pyrrole nitrogens is 1. The Bertz CT molecular complexity index is 883. The molecule has 0 radical (unpaired) electrons. The molecule has 0 fully saturated rings. The fourth-order valence-corrected chi connectivity index (χ4v) is 2.49. The summed E-state index contributed by atoms with van der Waals surface area (Å²) < 4.78 is 5.68. The van der Waals surface area contributed by atoms with Crippen LogP contribution < -0.4 is 10.1 Å². The Morgan fingerprint density at radius 2 is 1.81 bits per heavy atom. The second-order valence-corrected chi connectivity index (χ2v) is 6.83. The van der Waals surface area contributed by atoms with Crippen molar-refractivity contribution in [1.29, 1.82) is 0 Å². The summed E-state index contributed by atoms with van der Waals surface area (Å²) in [6, 6.07) is 14.6. The molecule has 3 aromatic rings. The molecule has 6 heteroatoms. The molecule has 1 amide bonds. The van der Waals surface area contributed by atoms with E-state index < -0.39 is 0 Å². The minimum atomic E-state index is -0.162. The SMILES string of the molecule is Cc1nc(-c2ccc(NC(=O)c3ccc(OCCC(C)C)cc3)cc2)n[nH]1. The van der Waals surface area contributed by atoms with Crippen LogP contribution in [-0.4, -0.2) is 27.7 Å². The van der Waals surface area contributed by atoms with Crippen molar-refractivity contribution < 1.29 is 9.53 Å². The predicted octanol–water partition coefficient (Wildman–Crippen LogP) is 4.46. The Hall–Kier alpha value is -3.15. The molecule has 1 heterocycles. The lowest BCUT2D eigenvalue weighted by atomic mass is 10.1.